The third kappa shape index (κ3) is 4.38. The highest BCUT2D eigenvalue weighted by atomic mass is 16.5. The number of hydrogen-bond acceptors (Lipinski definition) is 5. The molecule has 5 rings (SSSR count). The van der Waals surface area contributed by atoms with Gasteiger partial charge in [-0.15, -0.1) is 0 Å². The summed E-state index contributed by atoms with van der Waals surface area (Å²) in [6.45, 7) is 0.415. The number of nitrogens with one attached hydrogen (secondary N) is 2. The lowest BCUT2D eigenvalue weighted by atomic mass is 10.1. The average Bonchev–Trinajstić information content (AvgIpc) is 3.25. The number of aromatic hydroxyl groups is 1. The van der Waals surface area contributed by atoms with Crippen LogP contribution < -0.4 is 10.2 Å². The van der Waals surface area contributed by atoms with Gasteiger partial charge in [-0.25, -0.2) is 10.4 Å². The molecule has 3 N–H and O–H groups in total. The Kier molecular flexibility index (Phi) is 5.43. The molecule has 2 aromatic heterocycles. The van der Waals surface area contributed by atoms with Crippen LogP contribution in [0, 0.1) is 0 Å². The number of carbonyl (C=O) groups excluding carboxylic acids is 1. The van der Waals surface area contributed by atoms with Crippen LogP contribution in [0.15, 0.2) is 90.3 Å². The molecular weight excluding hydrogens is 416 g/mol. The number of phenolic OH excluding ortho intramolecular Hbond substituents is 1. The van der Waals surface area contributed by atoms with Crippen LogP contribution in [0.1, 0.15) is 21.5 Å². The summed E-state index contributed by atoms with van der Waals surface area (Å²) in [7, 11) is 0. The third-order valence-corrected chi connectivity index (χ3v) is 5.28. The van der Waals surface area contributed by atoms with Crippen LogP contribution >= 0.6 is 0 Å². The number of rotatable bonds is 6. The number of ether oxygens (including phenoxy) is 1. The molecule has 3 aromatic carbocycles. The second kappa shape index (κ2) is 8.84. The SMILES string of the molecule is O=C(NN=Cc1c[nH]c2cnc(OCc3ccccc3)cc12)c1cc2ccccc2cc1O. The second-order valence-corrected chi connectivity index (χ2v) is 7.50. The molecule has 0 saturated carbocycles. The molecule has 0 spiro atoms. The fraction of sp³-hybridized carbons (Fsp3) is 0.0385. The predicted molar refractivity (Wildman–Crippen MR) is 128 cm³/mol. The molecule has 5 aromatic rings. The average molecular weight is 436 g/mol. The van der Waals surface area contributed by atoms with E-state index in [1.54, 1.807) is 24.5 Å². The molecule has 0 aliphatic rings. The summed E-state index contributed by atoms with van der Waals surface area (Å²) >= 11 is 0. The van der Waals surface area contributed by atoms with Crippen molar-refractivity contribution in [3.8, 4) is 11.6 Å². The van der Waals surface area contributed by atoms with E-state index < -0.39 is 5.91 Å². The molecule has 0 aliphatic carbocycles. The quantitative estimate of drug-likeness (QED) is 0.264. The van der Waals surface area contributed by atoms with Gasteiger partial charge in [-0.05, 0) is 28.5 Å². The smallest absolute Gasteiger partial charge is 0.275 e. The zero-order chi connectivity index (χ0) is 22.6. The maximum atomic E-state index is 12.6. The van der Waals surface area contributed by atoms with Gasteiger partial charge in [-0.2, -0.15) is 5.10 Å². The Hall–Kier alpha value is -4.65. The lowest BCUT2D eigenvalue weighted by Gasteiger charge is -2.06. The highest BCUT2D eigenvalue weighted by Crippen LogP contribution is 2.25. The number of hydrogen-bond donors (Lipinski definition) is 3. The molecule has 0 radical (unpaired) electrons. The van der Waals surface area contributed by atoms with Gasteiger partial charge in [-0.3, -0.25) is 4.79 Å². The first-order chi connectivity index (χ1) is 16.2. The molecule has 1 amide bonds. The van der Waals surface area contributed by atoms with E-state index >= 15 is 0 Å². The van der Waals surface area contributed by atoms with Crippen LogP contribution in [0.4, 0.5) is 0 Å². The molecule has 7 nitrogen and oxygen atoms in total. The topological polar surface area (TPSA) is 99.6 Å². The maximum absolute atomic E-state index is 12.6. The summed E-state index contributed by atoms with van der Waals surface area (Å²) in [6.07, 6.45) is 5.00. The van der Waals surface area contributed by atoms with Gasteiger partial charge < -0.3 is 14.8 Å². The summed E-state index contributed by atoms with van der Waals surface area (Å²) in [5.74, 6) is -0.103. The Morgan fingerprint density at radius 1 is 1.06 bits per heavy atom. The fourth-order valence-corrected chi connectivity index (χ4v) is 3.57. The number of aromatic nitrogens is 2. The van der Waals surface area contributed by atoms with Crippen LogP contribution in [-0.2, 0) is 6.61 Å². The molecule has 33 heavy (non-hydrogen) atoms. The van der Waals surface area contributed by atoms with Crippen molar-refractivity contribution in [1.82, 2.24) is 15.4 Å². The van der Waals surface area contributed by atoms with E-state index in [0.717, 1.165) is 32.8 Å². The first kappa shape index (κ1) is 20.3. The summed E-state index contributed by atoms with van der Waals surface area (Å²) in [6, 6.07) is 22.4. The number of benzene rings is 3. The van der Waals surface area contributed by atoms with Crippen molar-refractivity contribution in [2.75, 3.05) is 0 Å². The highest BCUT2D eigenvalue weighted by molar-refractivity contribution is 6.03. The van der Waals surface area contributed by atoms with Gasteiger partial charge in [0, 0.05) is 23.2 Å². The molecule has 7 heteroatoms. The molecule has 0 atom stereocenters. The number of fused-ring (bicyclic) bond motifs is 2. The van der Waals surface area contributed by atoms with E-state index in [9.17, 15) is 9.90 Å². The van der Waals surface area contributed by atoms with E-state index in [0.29, 0.717) is 12.5 Å². The van der Waals surface area contributed by atoms with E-state index in [1.165, 1.54) is 6.21 Å². The summed E-state index contributed by atoms with van der Waals surface area (Å²) in [5, 5.41) is 16.9. The van der Waals surface area contributed by atoms with Crippen molar-refractivity contribution in [2.45, 2.75) is 6.61 Å². The minimum absolute atomic E-state index is 0.0974. The normalized spacial score (nSPS) is 11.3. The van der Waals surface area contributed by atoms with Crippen molar-refractivity contribution in [3.05, 3.63) is 102 Å². The number of carbonyl (C=O) groups is 1. The molecule has 162 valence electrons. The van der Waals surface area contributed by atoms with Crippen LogP contribution in [0.25, 0.3) is 21.7 Å². The van der Waals surface area contributed by atoms with E-state index in [2.05, 4.69) is 20.5 Å². The Balaban J connectivity index is 1.31. The Bertz CT molecular complexity index is 1480. The van der Waals surface area contributed by atoms with Gasteiger partial charge in [0.25, 0.3) is 5.91 Å². The van der Waals surface area contributed by atoms with E-state index in [-0.39, 0.29) is 11.3 Å². The zero-order valence-corrected chi connectivity index (χ0v) is 17.5. The minimum Gasteiger partial charge on any atom is -0.507 e. The lowest BCUT2D eigenvalue weighted by Crippen LogP contribution is -2.17. The van der Waals surface area contributed by atoms with Crippen molar-refractivity contribution in [2.24, 2.45) is 5.10 Å². The molecular formula is C26H20N4O3. The van der Waals surface area contributed by atoms with E-state index in [1.807, 2.05) is 60.7 Å². The van der Waals surface area contributed by atoms with Crippen LogP contribution in [0.2, 0.25) is 0 Å². The number of hydrazone groups is 1. The molecule has 0 bridgehead atoms. The van der Waals surface area contributed by atoms with Crippen molar-refractivity contribution in [1.29, 1.82) is 0 Å². The van der Waals surface area contributed by atoms with Gasteiger partial charge in [0.05, 0.1) is 23.5 Å². The first-order valence-corrected chi connectivity index (χ1v) is 10.4. The van der Waals surface area contributed by atoms with Gasteiger partial charge in [-0.1, -0.05) is 54.6 Å². The van der Waals surface area contributed by atoms with Crippen LogP contribution in [0.3, 0.4) is 0 Å². The minimum atomic E-state index is -0.497. The molecule has 0 aliphatic heterocycles. The first-order valence-electron chi connectivity index (χ1n) is 10.4. The number of nitrogens with zero attached hydrogens (tertiary/aromatic N) is 2. The Morgan fingerprint density at radius 2 is 1.82 bits per heavy atom. The second-order valence-electron chi connectivity index (χ2n) is 7.50. The summed E-state index contributed by atoms with van der Waals surface area (Å²) in [5.41, 5.74) is 5.27. The van der Waals surface area contributed by atoms with Crippen molar-refractivity contribution < 1.29 is 14.6 Å². The number of H-pyrrole nitrogens is 1. The van der Waals surface area contributed by atoms with Gasteiger partial charge >= 0.3 is 0 Å². The highest BCUT2D eigenvalue weighted by Gasteiger charge is 2.12. The zero-order valence-electron chi connectivity index (χ0n) is 17.5. The molecule has 0 unspecified atom stereocenters. The largest absolute Gasteiger partial charge is 0.507 e. The van der Waals surface area contributed by atoms with Crippen LogP contribution in [0.5, 0.6) is 11.6 Å². The maximum Gasteiger partial charge on any atom is 0.275 e. The fourth-order valence-electron chi connectivity index (χ4n) is 3.57. The van der Waals surface area contributed by atoms with Crippen molar-refractivity contribution >= 4 is 33.8 Å². The number of aromatic amines is 1. The number of amides is 1. The third-order valence-electron chi connectivity index (χ3n) is 5.28. The van der Waals surface area contributed by atoms with Crippen LogP contribution in [-0.4, -0.2) is 27.2 Å². The molecule has 2 heterocycles. The van der Waals surface area contributed by atoms with E-state index in [4.69, 9.17) is 4.74 Å². The van der Waals surface area contributed by atoms with Gasteiger partial charge in [0.15, 0.2) is 0 Å². The summed E-state index contributed by atoms with van der Waals surface area (Å²) < 4.78 is 5.81. The standard InChI is InChI=1S/C26H20N4O3/c31-24-11-19-9-5-4-8-18(19)10-22(24)26(32)30-29-14-20-13-27-23-15-28-25(12-21(20)23)33-16-17-6-2-1-3-7-17/h1-15,27,31H,16H2,(H,30,32). The predicted octanol–water partition coefficient (Wildman–Crippen LogP) is 4.76. The number of pyridine rings is 1. The molecule has 0 saturated heterocycles. The van der Waals surface area contributed by atoms with Gasteiger partial charge in [0.1, 0.15) is 12.4 Å². The van der Waals surface area contributed by atoms with Gasteiger partial charge in [0.2, 0.25) is 5.88 Å². The number of phenols is 1. The van der Waals surface area contributed by atoms with Crippen molar-refractivity contribution in [3.63, 3.8) is 0 Å². The summed E-state index contributed by atoms with van der Waals surface area (Å²) in [4.78, 5) is 20.0. The molecule has 0 fully saturated rings. The lowest BCUT2D eigenvalue weighted by molar-refractivity contribution is 0.0952. The Morgan fingerprint density at radius 3 is 2.64 bits per heavy atom. The monoisotopic (exact) mass is 436 g/mol. The Labute approximate surface area is 189 Å².